The molecule has 9 nitrogen and oxygen atoms in total. The van der Waals surface area contributed by atoms with Crippen LogP contribution in [0.2, 0.25) is 18.1 Å². The summed E-state index contributed by atoms with van der Waals surface area (Å²) in [6.45, 7) is 12.1. The summed E-state index contributed by atoms with van der Waals surface area (Å²) in [6.07, 6.45) is 9.12. The van der Waals surface area contributed by atoms with Gasteiger partial charge in [-0.25, -0.2) is 4.98 Å². The maximum absolute atomic E-state index is 11.5. The van der Waals surface area contributed by atoms with Gasteiger partial charge in [0, 0.05) is 37.0 Å². The molecular formula is C28H37N5O4Si. The Morgan fingerprint density at radius 3 is 2.29 bits per heavy atom. The van der Waals surface area contributed by atoms with Gasteiger partial charge in [-0.2, -0.15) is 5.10 Å². The Morgan fingerprint density at radius 1 is 1.03 bits per heavy atom. The van der Waals surface area contributed by atoms with Crippen LogP contribution in [0.1, 0.15) is 32.0 Å². The van der Waals surface area contributed by atoms with Crippen molar-refractivity contribution in [2.75, 3.05) is 32.3 Å². The van der Waals surface area contributed by atoms with E-state index in [4.69, 9.17) is 18.9 Å². The first-order valence-corrected chi connectivity index (χ1v) is 15.5. The number of methoxy groups -OCH3 is 2. The molecule has 0 unspecified atom stereocenters. The molecule has 2 aromatic heterocycles. The van der Waals surface area contributed by atoms with E-state index in [0.29, 0.717) is 53.1 Å². The Balaban J connectivity index is 1.78. The average molecular weight is 536 g/mol. The molecule has 10 heteroatoms. The van der Waals surface area contributed by atoms with Gasteiger partial charge in [0.15, 0.2) is 14.1 Å². The van der Waals surface area contributed by atoms with Gasteiger partial charge in [0.25, 0.3) is 0 Å². The molecule has 1 aliphatic heterocycles. The summed E-state index contributed by atoms with van der Waals surface area (Å²) < 4.78 is 19.1. The maximum atomic E-state index is 11.5. The summed E-state index contributed by atoms with van der Waals surface area (Å²) in [7, 11) is 3.05. The fourth-order valence-corrected chi connectivity index (χ4v) is 4.93. The molecule has 3 heterocycles. The minimum absolute atomic E-state index is 0.0741. The maximum Gasteiger partial charge on any atom is 0.192 e. The second-order valence-electron chi connectivity index (χ2n) is 10.8. The highest BCUT2D eigenvalue weighted by molar-refractivity contribution is 6.74. The number of benzene rings is 1. The van der Waals surface area contributed by atoms with Crippen molar-refractivity contribution >= 4 is 26.0 Å². The van der Waals surface area contributed by atoms with E-state index >= 15 is 0 Å². The monoisotopic (exact) mass is 535 g/mol. The molecule has 1 N–H and O–H groups in total. The molecule has 4 rings (SSSR count). The lowest BCUT2D eigenvalue weighted by Crippen LogP contribution is -2.43. The fourth-order valence-electron chi connectivity index (χ4n) is 3.89. The van der Waals surface area contributed by atoms with Gasteiger partial charge in [-0.3, -0.25) is 9.67 Å². The van der Waals surface area contributed by atoms with Crippen molar-refractivity contribution in [2.24, 2.45) is 7.05 Å². The first-order chi connectivity index (χ1) is 17.9. The molecular weight excluding hydrogens is 498 g/mol. The Bertz CT molecular complexity index is 1350. The third-order valence-corrected chi connectivity index (χ3v) is 11.7. The molecule has 0 spiro atoms. The third-order valence-electron chi connectivity index (χ3n) is 7.18. The molecule has 0 fully saturated rings. The molecule has 1 aliphatic rings. The lowest BCUT2D eigenvalue weighted by Gasteiger charge is -2.37. The van der Waals surface area contributed by atoms with Crippen LogP contribution in [0.5, 0.6) is 11.5 Å². The zero-order valence-electron chi connectivity index (χ0n) is 23.4. The number of hydrogen-bond acceptors (Lipinski definition) is 8. The number of aliphatic hydroxyl groups excluding tert-OH is 1. The summed E-state index contributed by atoms with van der Waals surface area (Å²) in [5.74, 6) is 1.88. The number of aliphatic hydroxyl groups is 1. The lowest BCUT2D eigenvalue weighted by molar-refractivity contribution is 0.296. The zero-order chi connectivity index (χ0) is 27.7. The van der Waals surface area contributed by atoms with Gasteiger partial charge in [0.05, 0.1) is 44.6 Å². The van der Waals surface area contributed by atoms with Gasteiger partial charge in [0.1, 0.15) is 23.0 Å². The predicted molar refractivity (Wildman–Crippen MR) is 153 cm³/mol. The van der Waals surface area contributed by atoms with E-state index < -0.39 is 8.32 Å². The molecule has 0 atom stereocenters. The molecule has 0 bridgehead atoms. The summed E-state index contributed by atoms with van der Waals surface area (Å²) in [5, 5.41) is 15.9. The summed E-state index contributed by atoms with van der Waals surface area (Å²) in [5.41, 5.74) is 3.43. The quantitative estimate of drug-likeness (QED) is 0.291. The van der Waals surface area contributed by atoms with Crippen molar-refractivity contribution in [3.63, 3.8) is 0 Å². The molecule has 0 saturated heterocycles. The molecule has 0 aliphatic carbocycles. The summed E-state index contributed by atoms with van der Waals surface area (Å²) in [6, 6.07) is 5.32. The molecule has 3 aromatic rings. The van der Waals surface area contributed by atoms with Crippen molar-refractivity contribution in [3.8, 4) is 22.8 Å². The summed E-state index contributed by atoms with van der Waals surface area (Å²) in [4.78, 5) is 11.6. The number of hydrogen-bond donors (Lipinski definition) is 1. The van der Waals surface area contributed by atoms with Crippen LogP contribution in [0, 0.1) is 0 Å². The highest BCUT2D eigenvalue weighted by Gasteiger charge is 2.37. The van der Waals surface area contributed by atoms with Crippen LogP contribution in [0.25, 0.3) is 23.1 Å². The molecule has 38 heavy (non-hydrogen) atoms. The molecule has 0 radical (unpaired) electrons. The third kappa shape index (κ3) is 5.61. The van der Waals surface area contributed by atoms with E-state index in [1.807, 2.05) is 30.3 Å². The lowest BCUT2D eigenvalue weighted by atomic mass is 10.1. The van der Waals surface area contributed by atoms with E-state index in [0.717, 1.165) is 5.56 Å². The second-order valence-corrected chi connectivity index (χ2v) is 15.6. The first-order valence-electron chi connectivity index (χ1n) is 12.6. The smallest absolute Gasteiger partial charge is 0.192 e. The number of rotatable bonds is 8. The molecule has 0 saturated carbocycles. The van der Waals surface area contributed by atoms with E-state index in [-0.39, 0.29) is 10.8 Å². The van der Waals surface area contributed by atoms with E-state index in [9.17, 15) is 5.11 Å². The first kappa shape index (κ1) is 27.4. The number of allylic oxidation sites excluding steroid dienone is 1. The van der Waals surface area contributed by atoms with E-state index in [2.05, 4.69) is 43.9 Å². The average Bonchev–Trinajstić information content (AvgIpc) is 3.33. The van der Waals surface area contributed by atoms with Gasteiger partial charge in [-0.05, 0) is 42.4 Å². The highest BCUT2D eigenvalue weighted by Crippen LogP contribution is 2.38. The number of anilines is 1. The van der Waals surface area contributed by atoms with Crippen molar-refractivity contribution in [1.29, 1.82) is 0 Å². The minimum Gasteiger partial charge on any atom is -0.505 e. The standard InChI is InChI=1S/C28H37N5O4Si/c1-28(2,3)38(7,8)37-12-11-33-25(26(34)19-13-21(35-5)15-22(14-19)36-6)10-9-23-27(33)31-24(17-29-23)20-16-30-32(4)18-20/h9-10,13-18,34H,11-12H2,1-8H3/b26-25+. The Kier molecular flexibility index (Phi) is 7.66. The van der Waals surface area contributed by atoms with Crippen LogP contribution >= 0.6 is 0 Å². The Hall–Kier alpha value is -3.63. The van der Waals surface area contributed by atoms with Crippen LogP contribution < -0.4 is 14.4 Å². The topological polar surface area (TPSA) is 94.8 Å². The van der Waals surface area contributed by atoms with Crippen molar-refractivity contribution in [3.05, 3.63) is 59.8 Å². The normalized spacial score (nSPS) is 14.9. The van der Waals surface area contributed by atoms with Crippen LogP contribution in [-0.4, -0.2) is 60.5 Å². The molecule has 202 valence electrons. The van der Waals surface area contributed by atoms with E-state index in [1.165, 1.54) is 0 Å². The predicted octanol–water partition coefficient (Wildman–Crippen LogP) is 5.68. The van der Waals surface area contributed by atoms with Crippen molar-refractivity contribution < 1.29 is 19.0 Å². The minimum atomic E-state index is -1.98. The Labute approximate surface area is 225 Å². The SMILES string of the molecule is COc1cc(OC)cc(/C(O)=C2/C=Cc3ncc(-c4cnn(C)c4)nc3N2CCO[Si](C)(C)C(C)(C)C)c1. The number of aromatic nitrogens is 4. The van der Waals surface area contributed by atoms with Crippen LogP contribution in [0.4, 0.5) is 5.82 Å². The van der Waals surface area contributed by atoms with Gasteiger partial charge >= 0.3 is 0 Å². The molecule has 0 amide bonds. The van der Waals surface area contributed by atoms with Gasteiger partial charge in [-0.1, -0.05) is 20.8 Å². The van der Waals surface area contributed by atoms with E-state index in [1.54, 1.807) is 49.5 Å². The zero-order valence-corrected chi connectivity index (χ0v) is 24.4. The summed E-state index contributed by atoms with van der Waals surface area (Å²) >= 11 is 0. The Morgan fingerprint density at radius 2 is 1.71 bits per heavy atom. The van der Waals surface area contributed by atoms with Crippen LogP contribution in [0.15, 0.2) is 48.6 Å². The van der Waals surface area contributed by atoms with Crippen LogP contribution in [-0.2, 0) is 11.5 Å². The van der Waals surface area contributed by atoms with Gasteiger partial charge in [0.2, 0.25) is 0 Å². The second kappa shape index (κ2) is 10.6. The van der Waals surface area contributed by atoms with Crippen molar-refractivity contribution in [1.82, 2.24) is 19.7 Å². The largest absolute Gasteiger partial charge is 0.505 e. The number of aryl methyl sites for hydroxylation is 1. The van der Waals surface area contributed by atoms with Crippen LogP contribution in [0.3, 0.4) is 0 Å². The fraction of sp³-hybridized carbons (Fsp3) is 0.393. The van der Waals surface area contributed by atoms with Crippen molar-refractivity contribution in [2.45, 2.75) is 38.9 Å². The number of fused-ring (bicyclic) bond motifs is 1. The molecule has 1 aromatic carbocycles. The van der Waals surface area contributed by atoms with Gasteiger partial charge in [-0.15, -0.1) is 0 Å². The van der Waals surface area contributed by atoms with Gasteiger partial charge < -0.3 is 23.9 Å². The highest BCUT2D eigenvalue weighted by atomic mass is 28.4. The number of ether oxygens (including phenoxy) is 2. The number of nitrogens with zero attached hydrogens (tertiary/aromatic N) is 5.